The van der Waals surface area contributed by atoms with Crippen molar-refractivity contribution in [3.63, 3.8) is 0 Å². The molecular formula is C23H36O5. The van der Waals surface area contributed by atoms with Crippen molar-refractivity contribution in [1.82, 2.24) is 0 Å². The second-order valence-electron chi connectivity index (χ2n) is 7.03. The number of rotatable bonds is 15. The Kier molecular flexibility index (Phi) is 12.8. The number of unbranched alkanes of at least 4 members (excludes halogenated alkanes) is 6. The summed E-state index contributed by atoms with van der Waals surface area (Å²) in [7, 11) is 0. The Labute approximate surface area is 169 Å². The van der Waals surface area contributed by atoms with Crippen molar-refractivity contribution in [3.05, 3.63) is 18.2 Å². The Morgan fingerprint density at radius 1 is 0.714 bits per heavy atom. The summed E-state index contributed by atoms with van der Waals surface area (Å²) in [5.74, 6) is 0.415. The van der Waals surface area contributed by atoms with E-state index in [1.54, 1.807) is 18.2 Å². The van der Waals surface area contributed by atoms with Crippen LogP contribution in [0.15, 0.2) is 18.2 Å². The fourth-order valence-corrected chi connectivity index (χ4v) is 2.75. The molecule has 0 fully saturated rings. The number of hydrogen-bond donors (Lipinski definition) is 0. The van der Waals surface area contributed by atoms with Gasteiger partial charge in [0.25, 0.3) is 0 Å². The van der Waals surface area contributed by atoms with E-state index in [2.05, 4.69) is 6.92 Å². The molecule has 1 aromatic rings. The Morgan fingerprint density at radius 3 is 1.89 bits per heavy atom. The molecule has 0 spiro atoms. The van der Waals surface area contributed by atoms with Gasteiger partial charge in [-0.15, -0.1) is 0 Å². The van der Waals surface area contributed by atoms with Gasteiger partial charge in [0.1, 0.15) is 5.75 Å². The third-order valence-corrected chi connectivity index (χ3v) is 4.29. The fraction of sp³-hybridized carbons (Fsp3) is 0.652. The lowest BCUT2D eigenvalue weighted by Crippen LogP contribution is -2.11. The summed E-state index contributed by atoms with van der Waals surface area (Å²) in [5.41, 5.74) is 0. The maximum Gasteiger partial charge on any atom is 0.311 e. The molecule has 0 aliphatic heterocycles. The van der Waals surface area contributed by atoms with Gasteiger partial charge < -0.3 is 14.2 Å². The molecule has 0 bridgehead atoms. The first-order valence-electron chi connectivity index (χ1n) is 10.8. The molecule has 5 heteroatoms. The van der Waals surface area contributed by atoms with E-state index in [9.17, 15) is 9.59 Å². The van der Waals surface area contributed by atoms with Crippen LogP contribution in [0.5, 0.6) is 17.2 Å². The Morgan fingerprint density at radius 2 is 1.29 bits per heavy atom. The minimum atomic E-state index is -0.348. The van der Waals surface area contributed by atoms with Gasteiger partial charge >= 0.3 is 11.9 Å². The van der Waals surface area contributed by atoms with Crippen LogP contribution in [0.1, 0.15) is 91.4 Å². The summed E-state index contributed by atoms with van der Waals surface area (Å²) in [4.78, 5) is 23.7. The van der Waals surface area contributed by atoms with E-state index in [1.165, 1.54) is 32.1 Å². The third-order valence-electron chi connectivity index (χ3n) is 4.29. The van der Waals surface area contributed by atoms with Crippen molar-refractivity contribution < 1.29 is 23.8 Å². The van der Waals surface area contributed by atoms with E-state index < -0.39 is 0 Å². The quantitative estimate of drug-likeness (QED) is 0.201. The van der Waals surface area contributed by atoms with Crippen LogP contribution in [0, 0.1) is 0 Å². The Bertz CT molecular complexity index is 582. The van der Waals surface area contributed by atoms with Gasteiger partial charge in [-0.25, -0.2) is 0 Å². The van der Waals surface area contributed by atoms with Gasteiger partial charge in [0, 0.05) is 18.9 Å². The van der Waals surface area contributed by atoms with Gasteiger partial charge in [0.15, 0.2) is 11.5 Å². The van der Waals surface area contributed by atoms with Crippen molar-refractivity contribution >= 4 is 11.9 Å². The van der Waals surface area contributed by atoms with Gasteiger partial charge in [-0.3, -0.25) is 9.59 Å². The SMILES string of the molecule is CCCCCCCCCOc1ccc(OC(=O)CCC)c(OC(=O)CCC)c1. The fourth-order valence-electron chi connectivity index (χ4n) is 2.75. The molecule has 28 heavy (non-hydrogen) atoms. The lowest BCUT2D eigenvalue weighted by atomic mass is 10.1. The zero-order valence-electron chi connectivity index (χ0n) is 17.8. The largest absolute Gasteiger partial charge is 0.493 e. The maximum atomic E-state index is 11.9. The molecule has 0 heterocycles. The second-order valence-corrected chi connectivity index (χ2v) is 7.03. The molecule has 158 valence electrons. The summed E-state index contributed by atoms with van der Waals surface area (Å²) >= 11 is 0. The van der Waals surface area contributed by atoms with Gasteiger partial charge in [0.2, 0.25) is 0 Å². The molecule has 5 nitrogen and oxygen atoms in total. The Hall–Kier alpha value is -2.04. The van der Waals surface area contributed by atoms with Crippen molar-refractivity contribution in [3.8, 4) is 17.2 Å². The van der Waals surface area contributed by atoms with Crippen LogP contribution < -0.4 is 14.2 Å². The summed E-state index contributed by atoms with van der Waals surface area (Å²) in [5, 5.41) is 0. The van der Waals surface area contributed by atoms with Crippen LogP contribution in [0.4, 0.5) is 0 Å². The zero-order valence-corrected chi connectivity index (χ0v) is 17.8. The minimum Gasteiger partial charge on any atom is -0.493 e. The summed E-state index contributed by atoms with van der Waals surface area (Å²) < 4.78 is 16.5. The molecule has 0 amide bonds. The van der Waals surface area contributed by atoms with E-state index in [0.717, 1.165) is 12.8 Å². The molecule has 0 aliphatic rings. The van der Waals surface area contributed by atoms with E-state index in [4.69, 9.17) is 14.2 Å². The molecule has 1 rings (SSSR count). The standard InChI is InChI=1S/C23H36O5/c1-4-7-8-9-10-11-12-17-26-19-15-16-20(27-22(24)13-5-2)21(18-19)28-23(25)14-6-3/h15-16,18H,4-14,17H2,1-3H3. The molecule has 0 N–H and O–H groups in total. The summed E-state index contributed by atoms with van der Waals surface area (Å²) in [6.45, 7) is 6.65. The average Bonchev–Trinajstić information content (AvgIpc) is 2.66. The van der Waals surface area contributed by atoms with Crippen molar-refractivity contribution in [2.45, 2.75) is 91.4 Å². The van der Waals surface area contributed by atoms with E-state index >= 15 is 0 Å². The Balaban J connectivity index is 2.59. The highest BCUT2D eigenvalue weighted by Gasteiger charge is 2.14. The van der Waals surface area contributed by atoms with Crippen molar-refractivity contribution in [1.29, 1.82) is 0 Å². The molecule has 0 saturated carbocycles. The predicted molar refractivity (Wildman–Crippen MR) is 111 cm³/mol. The normalized spacial score (nSPS) is 10.5. The number of carbonyl (C=O) groups excluding carboxylic acids is 2. The number of benzene rings is 1. The highest BCUT2D eigenvalue weighted by Crippen LogP contribution is 2.32. The molecule has 0 radical (unpaired) electrons. The molecular weight excluding hydrogens is 356 g/mol. The van der Waals surface area contributed by atoms with Crippen LogP contribution in [-0.4, -0.2) is 18.5 Å². The van der Waals surface area contributed by atoms with E-state index in [0.29, 0.717) is 38.0 Å². The minimum absolute atomic E-state index is 0.236. The number of esters is 2. The zero-order chi connectivity index (χ0) is 20.6. The van der Waals surface area contributed by atoms with Crippen LogP contribution in [0.3, 0.4) is 0 Å². The molecule has 0 atom stereocenters. The smallest absolute Gasteiger partial charge is 0.311 e. The van der Waals surface area contributed by atoms with Crippen LogP contribution >= 0.6 is 0 Å². The topological polar surface area (TPSA) is 61.8 Å². The highest BCUT2D eigenvalue weighted by atomic mass is 16.6. The molecule has 0 aliphatic carbocycles. The van der Waals surface area contributed by atoms with E-state index in [-0.39, 0.29) is 23.4 Å². The van der Waals surface area contributed by atoms with Gasteiger partial charge in [-0.05, 0) is 31.4 Å². The lowest BCUT2D eigenvalue weighted by molar-refractivity contribution is -0.137. The first-order chi connectivity index (χ1) is 13.6. The lowest BCUT2D eigenvalue weighted by Gasteiger charge is -2.13. The van der Waals surface area contributed by atoms with Crippen LogP contribution in [-0.2, 0) is 9.59 Å². The predicted octanol–water partition coefficient (Wildman–Crippen LogP) is 6.23. The van der Waals surface area contributed by atoms with Gasteiger partial charge in [-0.2, -0.15) is 0 Å². The highest BCUT2D eigenvalue weighted by molar-refractivity contribution is 5.76. The van der Waals surface area contributed by atoms with Crippen LogP contribution in [0.25, 0.3) is 0 Å². The monoisotopic (exact) mass is 392 g/mol. The van der Waals surface area contributed by atoms with Gasteiger partial charge in [0.05, 0.1) is 6.61 Å². The molecule has 0 aromatic heterocycles. The summed E-state index contributed by atoms with van der Waals surface area (Å²) in [6.07, 6.45) is 10.6. The van der Waals surface area contributed by atoms with E-state index in [1.807, 2.05) is 13.8 Å². The second kappa shape index (κ2) is 14.9. The summed E-state index contributed by atoms with van der Waals surface area (Å²) in [6, 6.07) is 5.00. The van der Waals surface area contributed by atoms with Crippen molar-refractivity contribution in [2.24, 2.45) is 0 Å². The molecule has 0 saturated heterocycles. The third kappa shape index (κ3) is 10.3. The number of ether oxygens (including phenoxy) is 3. The van der Waals surface area contributed by atoms with Gasteiger partial charge in [-0.1, -0.05) is 59.3 Å². The molecule has 1 aromatic carbocycles. The average molecular weight is 393 g/mol. The maximum absolute atomic E-state index is 11.9. The molecule has 0 unspecified atom stereocenters. The van der Waals surface area contributed by atoms with Crippen LogP contribution in [0.2, 0.25) is 0 Å². The number of carbonyl (C=O) groups is 2. The first kappa shape index (κ1) is 24.0. The number of hydrogen-bond acceptors (Lipinski definition) is 5. The first-order valence-corrected chi connectivity index (χ1v) is 10.8. The van der Waals surface area contributed by atoms with Crippen molar-refractivity contribution in [2.75, 3.05) is 6.61 Å².